The van der Waals surface area contributed by atoms with Crippen LogP contribution in [0, 0.1) is 0 Å². The Kier molecular flexibility index (Phi) is 8.75. The number of carbonyl (C=O) groups excluding carboxylic acids is 1. The molecule has 0 aliphatic rings. The lowest BCUT2D eigenvalue weighted by Gasteiger charge is -2.21. The van der Waals surface area contributed by atoms with Gasteiger partial charge < -0.3 is 30.2 Å². The van der Waals surface area contributed by atoms with E-state index in [1.165, 1.54) is 19.2 Å². The summed E-state index contributed by atoms with van der Waals surface area (Å²) in [7, 11) is 1.52. The monoisotopic (exact) mass is 601 g/mol. The number of nitrogens with two attached hydrogens (primary N) is 1. The fourth-order valence-electron chi connectivity index (χ4n) is 3.94. The number of rotatable bonds is 8. The van der Waals surface area contributed by atoms with E-state index < -0.39 is 29.0 Å². The van der Waals surface area contributed by atoms with Crippen molar-refractivity contribution in [1.82, 2.24) is 19.9 Å². The van der Waals surface area contributed by atoms with Crippen LogP contribution in [-0.2, 0) is 15.7 Å². The first kappa shape index (κ1) is 31.0. The molecular formula is C28H30F3N7O5. The largest absolute Gasteiger partial charge is 0.444 e. The molecule has 1 amide bonds. The molecule has 0 spiro atoms. The van der Waals surface area contributed by atoms with Gasteiger partial charge in [-0.25, -0.2) is 14.8 Å². The first-order valence-corrected chi connectivity index (χ1v) is 13.0. The number of carbonyl (C=O) groups is 1. The first-order chi connectivity index (χ1) is 20.1. The van der Waals surface area contributed by atoms with Crippen molar-refractivity contribution in [1.29, 1.82) is 0 Å². The molecule has 228 valence electrons. The highest BCUT2D eigenvalue weighted by atomic mass is 19.4. The average Bonchev–Trinajstić information content (AvgIpc) is 2.88. The van der Waals surface area contributed by atoms with Crippen LogP contribution in [0.3, 0.4) is 0 Å². The van der Waals surface area contributed by atoms with E-state index in [0.29, 0.717) is 5.52 Å². The highest BCUT2D eigenvalue weighted by molar-refractivity contribution is 5.91. The number of aromatic amines is 1. The van der Waals surface area contributed by atoms with Crippen molar-refractivity contribution in [3.8, 4) is 22.9 Å². The van der Waals surface area contributed by atoms with Crippen molar-refractivity contribution < 1.29 is 32.2 Å². The number of hydrogen-bond acceptors (Lipinski definition) is 10. The van der Waals surface area contributed by atoms with Gasteiger partial charge in [0.15, 0.2) is 11.6 Å². The molecule has 12 nitrogen and oxygen atoms in total. The van der Waals surface area contributed by atoms with Crippen molar-refractivity contribution in [2.45, 2.75) is 45.5 Å². The number of halogens is 3. The van der Waals surface area contributed by atoms with Crippen LogP contribution in [0.15, 0.2) is 47.3 Å². The van der Waals surface area contributed by atoms with E-state index in [0.717, 1.165) is 12.1 Å². The highest BCUT2D eigenvalue weighted by Crippen LogP contribution is 2.37. The predicted octanol–water partition coefficient (Wildman–Crippen LogP) is 5.57. The normalized spacial score (nSPS) is 12.6. The second-order valence-electron chi connectivity index (χ2n) is 10.5. The van der Waals surface area contributed by atoms with E-state index in [-0.39, 0.29) is 58.5 Å². The van der Waals surface area contributed by atoms with E-state index in [2.05, 4.69) is 30.6 Å². The number of alkyl halides is 3. The van der Waals surface area contributed by atoms with Gasteiger partial charge in [-0.05, 0) is 52.0 Å². The van der Waals surface area contributed by atoms with E-state index in [4.69, 9.17) is 19.9 Å². The molecule has 5 N–H and O–H groups in total. The van der Waals surface area contributed by atoms with E-state index >= 15 is 0 Å². The number of benzene rings is 2. The molecule has 2 aromatic heterocycles. The van der Waals surface area contributed by atoms with E-state index in [1.54, 1.807) is 45.9 Å². The van der Waals surface area contributed by atoms with Crippen LogP contribution in [0.5, 0.6) is 11.6 Å². The summed E-state index contributed by atoms with van der Waals surface area (Å²) in [5.74, 6) is -0.0635. The van der Waals surface area contributed by atoms with Crippen molar-refractivity contribution in [2.75, 3.05) is 30.1 Å². The fraction of sp³-hybridized carbons (Fsp3) is 0.321. The van der Waals surface area contributed by atoms with Crippen molar-refractivity contribution in [3.63, 3.8) is 0 Å². The third kappa shape index (κ3) is 7.88. The molecule has 0 saturated heterocycles. The Labute approximate surface area is 243 Å². The maximum atomic E-state index is 13.6. The summed E-state index contributed by atoms with van der Waals surface area (Å²) in [6, 6.07) is 8.73. The maximum Gasteiger partial charge on any atom is 0.416 e. The molecule has 1 atom stereocenters. The highest BCUT2D eigenvalue weighted by Gasteiger charge is 2.32. The minimum absolute atomic E-state index is 0.0284. The zero-order valence-electron chi connectivity index (χ0n) is 23.9. The van der Waals surface area contributed by atoms with Gasteiger partial charge in [-0.1, -0.05) is 12.1 Å². The van der Waals surface area contributed by atoms with Gasteiger partial charge in [0, 0.05) is 24.8 Å². The molecule has 2 aromatic carbocycles. The van der Waals surface area contributed by atoms with Crippen LogP contribution < -0.4 is 26.7 Å². The number of aromatic nitrogens is 4. The molecular weight excluding hydrogens is 571 g/mol. The third-order valence-electron chi connectivity index (χ3n) is 5.68. The number of hydrogen-bond donors (Lipinski definition) is 4. The van der Waals surface area contributed by atoms with Crippen LogP contribution in [0.25, 0.3) is 22.3 Å². The van der Waals surface area contributed by atoms with Crippen LogP contribution in [0.2, 0.25) is 0 Å². The Bertz CT molecular complexity index is 1700. The van der Waals surface area contributed by atoms with Gasteiger partial charge in [-0.3, -0.25) is 10.1 Å². The number of para-hydroxylation sites is 1. The Morgan fingerprint density at radius 1 is 1.09 bits per heavy atom. The van der Waals surface area contributed by atoms with Crippen molar-refractivity contribution >= 4 is 34.6 Å². The summed E-state index contributed by atoms with van der Waals surface area (Å²) < 4.78 is 57.4. The molecule has 0 radical (unpaired) electrons. The summed E-state index contributed by atoms with van der Waals surface area (Å²) in [6.07, 6.45) is -5.64. The van der Waals surface area contributed by atoms with Gasteiger partial charge in [-0.2, -0.15) is 18.2 Å². The van der Waals surface area contributed by atoms with Crippen LogP contribution in [0.4, 0.5) is 35.4 Å². The number of nitrogens with one attached hydrogen (secondary N) is 3. The molecule has 0 aliphatic carbocycles. The second kappa shape index (κ2) is 12.1. The molecule has 4 aromatic rings. The van der Waals surface area contributed by atoms with E-state index in [9.17, 15) is 22.8 Å². The smallest absolute Gasteiger partial charge is 0.416 e. The zero-order valence-corrected chi connectivity index (χ0v) is 23.9. The number of amides is 1. The third-order valence-corrected chi connectivity index (χ3v) is 5.68. The number of fused-ring (bicyclic) bond motifs is 1. The molecule has 0 bridgehead atoms. The topological polar surface area (TPSA) is 166 Å². The predicted molar refractivity (Wildman–Crippen MR) is 154 cm³/mol. The summed E-state index contributed by atoms with van der Waals surface area (Å²) in [4.78, 5) is 40.1. The molecule has 43 heavy (non-hydrogen) atoms. The quantitative estimate of drug-likeness (QED) is 0.201. The van der Waals surface area contributed by atoms with Gasteiger partial charge in [0.25, 0.3) is 5.56 Å². The lowest BCUT2D eigenvalue weighted by Crippen LogP contribution is -2.27. The standard InChI is InChI=1S/C28H30F3N7O5/c1-14(13-41-5)33-25-35-19(12-21(37-25)42-20-8-6-7-17-22(20)38-23(32)24(39)34-17)16-10-9-15(28(29,30)31)11-18(16)36-26(40)43-27(2,3)4/h6-12,14H,13H2,1-5H3,(H2,32,38)(H,34,39)(H,36,40)(H,33,35,37). The molecule has 0 aliphatic heterocycles. The summed E-state index contributed by atoms with van der Waals surface area (Å²) >= 11 is 0. The minimum atomic E-state index is -4.69. The fourth-order valence-corrected chi connectivity index (χ4v) is 3.94. The number of anilines is 3. The SMILES string of the molecule is COCC(C)Nc1nc(Oc2cccc3[nH]c(=O)c(N)nc23)cc(-c2ccc(C(F)(F)F)cc2NC(=O)OC(C)(C)C)n1. The number of ether oxygens (including phenoxy) is 3. The molecule has 0 fully saturated rings. The van der Waals surface area contributed by atoms with Gasteiger partial charge >= 0.3 is 12.3 Å². The maximum absolute atomic E-state index is 13.6. The summed E-state index contributed by atoms with van der Waals surface area (Å²) in [5, 5.41) is 5.46. The number of methoxy groups -OCH3 is 1. The molecule has 2 heterocycles. The lowest BCUT2D eigenvalue weighted by molar-refractivity contribution is -0.137. The summed E-state index contributed by atoms with van der Waals surface area (Å²) in [5.41, 5.74) is 3.86. The molecule has 1 unspecified atom stereocenters. The van der Waals surface area contributed by atoms with Crippen LogP contribution in [0.1, 0.15) is 33.3 Å². The lowest BCUT2D eigenvalue weighted by atomic mass is 10.1. The zero-order chi connectivity index (χ0) is 31.5. The number of H-pyrrole nitrogens is 1. The van der Waals surface area contributed by atoms with Crippen LogP contribution in [-0.4, -0.2) is 51.4 Å². The summed E-state index contributed by atoms with van der Waals surface area (Å²) in [6.45, 7) is 6.96. The Hall–Kier alpha value is -4.92. The molecule has 0 saturated carbocycles. The molecule has 15 heteroatoms. The first-order valence-electron chi connectivity index (χ1n) is 13.0. The van der Waals surface area contributed by atoms with E-state index in [1.807, 2.05) is 0 Å². The second-order valence-corrected chi connectivity index (χ2v) is 10.5. The van der Waals surface area contributed by atoms with Crippen LogP contribution >= 0.6 is 0 Å². The number of nitrogen functional groups attached to an aromatic ring is 1. The molecule has 4 rings (SSSR count). The van der Waals surface area contributed by atoms with Crippen molar-refractivity contribution in [2.24, 2.45) is 0 Å². The van der Waals surface area contributed by atoms with Gasteiger partial charge in [0.1, 0.15) is 11.1 Å². The Balaban J connectivity index is 1.84. The minimum Gasteiger partial charge on any atom is -0.444 e. The number of nitrogens with zero attached hydrogens (tertiary/aromatic N) is 3. The van der Waals surface area contributed by atoms with Gasteiger partial charge in [-0.15, -0.1) is 0 Å². The van der Waals surface area contributed by atoms with Gasteiger partial charge in [0.2, 0.25) is 11.8 Å². The Morgan fingerprint density at radius 3 is 2.51 bits per heavy atom. The van der Waals surface area contributed by atoms with Crippen molar-refractivity contribution in [3.05, 3.63) is 58.4 Å². The van der Waals surface area contributed by atoms with Gasteiger partial charge in [0.05, 0.1) is 29.1 Å². The Morgan fingerprint density at radius 2 is 1.84 bits per heavy atom. The average molecular weight is 602 g/mol.